The average Bonchev–Trinajstić information content (AvgIpc) is 2.91. The zero-order valence-corrected chi connectivity index (χ0v) is 19.6. The van der Waals surface area contributed by atoms with Crippen molar-refractivity contribution >= 4 is 5.97 Å². The Hall–Kier alpha value is -3.07. The molecule has 3 aromatic carbocycles. The minimum atomic E-state index is -1.32. The number of aliphatic hydroxyl groups is 1. The van der Waals surface area contributed by atoms with Gasteiger partial charge in [-0.05, 0) is 16.7 Å². The number of esters is 1. The van der Waals surface area contributed by atoms with Crippen molar-refractivity contribution in [1.29, 1.82) is 0 Å². The van der Waals surface area contributed by atoms with Gasteiger partial charge in [-0.15, -0.1) is 0 Å². The summed E-state index contributed by atoms with van der Waals surface area (Å²) >= 11 is 0. The van der Waals surface area contributed by atoms with Crippen molar-refractivity contribution in [3.8, 4) is 0 Å². The molecule has 7 nitrogen and oxygen atoms in total. The van der Waals surface area contributed by atoms with E-state index in [9.17, 15) is 9.90 Å². The minimum Gasteiger partial charge on any atom is -0.459 e. The molecule has 1 heterocycles. The molecule has 0 bridgehead atoms. The van der Waals surface area contributed by atoms with Crippen molar-refractivity contribution in [2.45, 2.75) is 50.5 Å². The van der Waals surface area contributed by atoms with Crippen LogP contribution in [0.25, 0.3) is 0 Å². The molecule has 1 aliphatic rings. The summed E-state index contributed by atoms with van der Waals surface area (Å²) in [6, 6.07) is 28.5. The van der Waals surface area contributed by atoms with Crippen LogP contribution in [0.1, 0.15) is 16.7 Å². The molecule has 1 saturated heterocycles. The fourth-order valence-corrected chi connectivity index (χ4v) is 3.92. The van der Waals surface area contributed by atoms with E-state index in [1.54, 1.807) is 0 Å². The molecule has 4 rings (SSSR count). The van der Waals surface area contributed by atoms with Crippen LogP contribution in [0.2, 0.25) is 0 Å². The zero-order chi connectivity index (χ0) is 24.5. The summed E-state index contributed by atoms with van der Waals surface area (Å²) in [5.41, 5.74) is 2.70. The summed E-state index contributed by atoms with van der Waals surface area (Å²) in [5, 5.41) is 11.2. The van der Waals surface area contributed by atoms with E-state index in [4.69, 9.17) is 23.7 Å². The molecule has 5 atom stereocenters. The van der Waals surface area contributed by atoms with Crippen molar-refractivity contribution < 1.29 is 33.6 Å². The van der Waals surface area contributed by atoms with Gasteiger partial charge in [0.05, 0.1) is 13.2 Å². The standard InChI is InChI=1S/C28H30O7/c1-31-28-26(33-18-21-13-7-3-8-14-21)24(32-17-20-11-5-2-6-12-20)23(29)25(35-28)27(30)34-19-22-15-9-4-10-16-22/h2-16,23-26,28-29H,17-19H2,1H3/t23-,24-,25-,26+,28+/m0/s1. The molecule has 0 saturated carbocycles. The second-order valence-corrected chi connectivity index (χ2v) is 8.27. The summed E-state index contributed by atoms with van der Waals surface area (Å²) < 4.78 is 29.0. The number of ether oxygens (including phenoxy) is 5. The van der Waals surface area contributed by atoms with Gasteiger partial charge in [-0.2, -0.15) is 0 Å². The third-order valence-electron chi connectivity index (χ3n) is 5.78. The first-order valence-electron chi connectivity index (χ1n) is 11.5. The van der Waals surface area contributed by atoms with Crippen LogP contribution in [0, 0.1) is 0 Å². The normalized spacial score (nSPS) is 24.1. The van der Waals surface area contributed by atoms with Crippen molar-refractivity contribution in [3.63, 3.8) is 0 Å². The highest BCUT2D eigenvalue weighted by molar-refractivity contribution is 5.75. The molecule has 0 aromatic heterocycles. The van der Waals surface area contributed by atoms with Crippen LogP contribution in [0.4, 0.5) is 0 Å². The van der Waals surface area contributed by atoms with E-state index in [2.05, 4.69) is 0 Å². The lowest BCUT2D eigenvalue weighted by Crippen LogP contribution is -2.62. The number of hydrogen-bond donors (Lipinski definition) is 1. The fourth-order valence-electron chi connectivity index (χ4n) is 3.92. The molecule has 1 aliphatic heterocycles. The molecule has 0 spiro atoms. The maximum absolute atomic E-state index is 12.9. The summed E-state index contributed by atoms with van der Waals surface area (Å²) in [6.45, 7) is 0.541. The molecule has 0 amide bonds. The van der Waals surface area contributed by atoms with E-state index in [-0.39, 0.29) is 19.8 Å². The summed E-state index contributed by atoms with van der Waals surface area (Å²) in [6.07, 6.45) is -5.24. The second-order valence-electron chi connectivity index (χ2n) is 8.27. The smallest absolute Gasteiger partial charge is 0.338 e. The first kappa shape index (κ1) is 25.0. The summed E-state index contributed by atoms with van der Waals surface area (Å²) in [4.78, 5) is 12.9. The van der Waals surface area contributed by atoms with E-state index in [1.165, 1.54) is 7.11 Å². The Morgan fingerprint density at radius 3 is 1.69 bits per heavy atom. The highest BCUT2D eigenvalue weighted by Crippen LogP contribution is 2.29. The number of hydrogen-bond acceptors (Lipinski definition) is 7. The lowest BCUT2D eigenvalue weighted by molar-refractivity contribution is -0.308. The maximum atomic E-state index is 12.9. The van der Waals surface area contributed by atoms with Crippen molar-refractivity contribution in [2.24, 2.45) is 0 Å². The van der Waals surface area contributed by atoms with Gasteiger partial charge in [-0.1, -0.05) is 91.0 Å². The lowest BCUT2D eigenvalue weighted by atomic mass is 9.98. The zero-order valence-electron chi connectivity index (χ0n) is 19.6. The molecule has 1 fully saturated rings. The first-order chi connectivity index (χ1) is 17.2. The Bertz CT molecular complexity index is 1030. The Labute approximate surface area is 205 Å². The average molecular weight is 479 g/mol. The number of carbonyl (C=O) groups excluding carboxylic acids is 1. The third-order valence-corrected chi connectivity index (χ3v) is 5.78. The monoisotopic (exact) mass is 478 g/mol. The topological polar surface area (TPSA) is 83.5 Å². The van der Waals surface area contributed by atoms with Gasteiger partial charge in [0, 0.05) is 7.11 Å². The first-order valence-corrected chi connectivity index (χ1v) is 11.5. The lowest BCUT2D eigenvalue weighted by Gasteiger charge is -2.42. The Morgan fingerprint density at radius 1 is 0.743 bits per heavy atom. The Balaban J connectivity index is 1.49. The molecule has 0 aliphatic carbocycles. The molecule has 184 valence electrons. The summed E-state index contributed by atoms with van der Waals surface area (Å²) in [7, 11) is 1.46. The van der Waals surface area contributed by atoms with E-state index in [0.717, 1.165) is 16.7 Å². The third kappa shape index (κ3) is 6.75. The number of benzene rings is 3. The molecule has 35 heavy (non-hydrogen) atoms. The van der Waals surface area contributed by atoms with Gasteiger partial charge in [0.25, 0.3) is 0 Å². The van der Waals surface area contributed by atoms with E-state index in [1.807, 2.05) is 91.0 Å². The molecular formula is C28H30O7. The molecule has 1 N–H and O–H groups in total. The number of aliphatic hydroxyl groups excluding tert-OH is 1. The number of methoxy groups -OCH3 is 1. The minimum absolute atomic E-state index is 0.0629. The predicted octanol–water partition coefficient (Wildman–Crippen LogP) is 3.63. The Kier molecular flexibility index (Phi) is 9.00. The largest absolute Gasteiger partial charge is 0.459 e. The maximum Gasteiger partial charge on any atom is 0.338 e. The molecule has 3 aromatic rings. The van der Waals surface area contributed by atoms with Gasteiger partial charge in [0.2, 0.25) is 0 Å². The highest BCUT2D eigenvalue weighted by Gasteiger charge is 2.50. The highest BCUT2D eigenvalue weighted by atomic mass is 16.7. The van der Waals surface area contributed by atoms with Crippen molar-refractivity contribution in [2.75, 3.05) is 7.11 Å². The second kappa shape index (κ2) is 12.6. The van der Waals surface area contributed by atoms with Crippen LogP contribution in [0.15, 0.2) is 91.0 Å². The fraction of sp³-hybridized carbons (Fsp3) is 0.321. The molecular weight excluding hydrogens is 448 g/mol. The van der Waals surface area contributed by atoms with Crippen LogP contribution in [-0.2, 0) is 48.3 Å². The van der Waals surface area contributed by atoms with E-state index in [0.29, 0.717) is 0 Å². The SMILES string of the molecule is CO[C@@H]1O[C@H](C(=O)OCc2ccccc2)[C@@H](O)[C@H](OCc2ccccc2)[C@H]1OCc1ccccc1. The van der Waals surface area contributed by atoms with E-state index < -0.39 is 36.7 Å². The summed E-state index contributed by atoms with van der Waals surface area (Å²) in [5.74, 6) is -0.696. The van der Waals surface area contributed by atoms with Gasteiger partial charge >= 0.3 is 5.97 Å². The quantitative estimate of drug-likeness (QED) is 0.446. The van der Waals surface area contributed by atoms with Gasteiger partial charge in [0.15, 0.2) is 12.4 Å². The van der Waals surface area contributed by atoms with E-state index >= 15 is 0 Å². The van der Waals surface area contributed by atoms with Gasteiger partial charge in [-0.25, -0.2) is 4.79 Å². The van der Waals surface area contributed by atoms with Crippen LogP contribution < -0.4 is 0 Å². The molecule has 7 heteroatoms. The number of carbonyl (C=O) groups is 1. The van der Waals surface area contributed by atoms with Crippen molar-refractivity contribution in [1.82, 2.24) is 0 Å². The van der Waals surface area contributed by atoms with Crippen LogP contribution in [-0.4, -0.2) is 48.9 Å². The van der Waals surface area contributed by atoms with Gasteiger partial charge in [-0.3, -0.25) is 0 Å². The molecule has 0 unspecified atom stereocenters. The van der Waals surface area contributed by atoms with Crippen molar-refractivity contribution in [3.05, 3.63) is 108 Å². The van der Waals surface area contributed by atoms with Crippen LogP contribution in [0.5, 0.6) is 0 Å². The van der Waals surface area contributed by atoms with Crippen LogP contribution >= 0.6 is 0 Å². The predicted molar refractivity (Wildman–Crippen MR) is 128 cm³/mol. The number of rotatable bonds is 10. The van der Waals surface area contributed by atoms with Gasteiger partial charge in [0.1, 0.15) is 24.9 Å². The Morgan fingerprint density at radius 2 is 1.20 bits per heavy atom. The van der Waals surface area contributed by atoms with Crippen LogP contribution in [0.3, 0.4) is 0 Å². The van der Waals surface area contributed by atoms with Gasteiger partial charge < -0.3 is 28.8 Å². The molecule has 0 radical (unpaired) electrons.